The lowest BCUT2D eigenvalue weighted by Gasteiger charge is -2.20. The van der Waals surface area contributed by atoms with Gasteiger partial charge in [0.25, 0.3) is 5.88 Å². The number of hydrogen-bond donors (Lipinski definition) is 0. The molecule has 0 amide bonds. The molecule has 102 valence electrons. The summed E-state index contributed by atoms with van der Waals surface area (Å²) >= 11 is 1.65. The molecule has 0 aromatic carbocycles. The van der Waals surface area contributed by atoms with E-state index in [1.54, 1.807) is 23.7 Å². The van der Waals surface area contributed by atoms with Crippen LogP contribution in [0.15, 0.2) is 17.8 Å². The molecule has 0 aliphatic carbocycles. The maximum Gasteiger partial charge on any atom is 0.257 e. The summed E-state index contributed by atoms with van der Waals surface area (Å²) in [5, 5.41) is 3.13. The van der Waals surface area contributed by atoms with Crippen molar-refractivity contribution in [3.8, 4) is 5.88 Å². The molecule has 5 nitrogen and oxygen atoms in total. The zero-order chi connectivity index (χ0) is 13.8. The third-order valence-electron chi connectivity index (χ3n) is 2.42. The molecule has 2 heterocycles. The van der Waals surface area contributed by atoms with Crippen LogP contribution in [0.2, 0.25) is 0 Å². The van der Waals surface area contributed by atoms with E-state index in [1.807, 2.05) is 32.7 Å². The summed E-state index contributed by atoms with van der Waals surface area (Å²) in [7, 11) is 1.96. The van der Waals surface area contributed by atoms with E-state index in [0.717, 1.165) is 16.5 Å². The van der Waals surface area contributed by atoms with Crippen LogP contribution >= 0.6 is 11.3 Å². The van der Waals surface area contributed by atoms with Crippen molar-refractivity contribution in [3.63, 3.8) is 0 Å². The van der Waals surface area contributed by atoms with E-state index >= 15 is 0 Å². The number of anilines is 1. The summed E-state index contributed by atoms with van der Waals surface area (Å²) in [6.45, 7) is 6.64. The maximum absolute atomic E-state index is 5.68. The van der Waals surface area contributed by atoms with E-state index < -0.39 is 0 Å². The monoisotopic (exact) mass is 278 g/mol. The maximum atomic E-state index is 5.68. The van der Waals surface area contributed by atoms with Gasteiger partial charge in [0.15, 0.2) is 5.82 Å². The van der Waals surface area contributed by atoms with Gasteiger partial charge in [-0.15, -0.1) is 11.3 Å². The molecule has 2 aromatic heterocycles. The number of ether oxygens (including phenoxy) is 1. The van der Waals surface area contributed by atoms with Crippen molar-refractivity contribution in [3.05, 3.63) is 28.5 Å². The molecule has 0 aliphatic rings. The molecule has 0 saturated carbocycles. The number of aryl methyl sites for hydroxylation is 1. The van der Waals surface area contributed by atoms with Crippen LogP contribution in [0.1, 0.15) is 24.5 Å². The van der Waals surface area contributed by atoms with E-state index in [-0.39, 0.29) is 6.10 Å². The van der Waals surface area contributed by atoms with Crippen molar-refractivity contribution in [1.82, 2.24) is 15.0 Å². The minimum atomic E-state index is 0.0744. The number of hydrogen-bond acceptors (Lipinski definition) is 6. The summed E-state index contributed by atoms with van der Waals surface area (Å²) in [5.41, 5.74) is 1.03. The smallest absolute Gasteiger partial charge is 0.257 e. The van der Waals surface area contributed by atoms with Crippen molar-refractivity contribution in [2.24, 2.45) is 0 Å². The van der Waals surface area contributed by atoms with Crippen molar-refractivity contribution < 1.29 is 4.74 Å². The first-order valence-corrected chi connectivity index (χ1v) is 7.04. The van der Waals surface area contributed by atoms with Crippen LogP contribution in [-0.4, -0.2) is 28.1 Å². The molecule has 2 aromatic rings. The van der Waals surface area contributed by atoms with Crippen LogP contribution < -0.4 is 9.64 Å². The van der Waals surface area contributed by atoms with E-state index in [0.29, 0.717) is 12.4 Å². The number of thiazole rings is 1. The zero-order valence-corrected chi connectivity index (χ0v) is 12.4. The molecular weight excluding hydrogens is 260 g/mol. The first-order valence-electron chi connectivity index (χ1n) is 6.16. The molecule has 0 bridgehead atoms. The summed E-state index contributed by atoms with van der Waals surface area (Å²) in [6, 6.07) is 0. The van der Waals surface area contributed by atoms with Crippen LogP contribution in [0.25, 0.3) is 0 Å². The van der Waals surface area contributed by atoms with E-state index in [1.165, 1.54) is 0 Å². The van der Waals surface area contributed by atoms with Gasteiger partial charge in [-0.1, -0.05) is 0 Å². The Hall–Kier alpha value is -1.69. The average Bonchev–Trinajstić information content (AvgIpc) is 2.74. The highest BCUT2D eigenvalue weighted by Gasteiger charge is 2.14. The fourth-order valence-electron chi connectivity index (χ4n) is 1.68. The fourth-order valence-corrected chi connectivity index (χ4v) is 2.29. The lowest BCUT2D eigenvalue weighted by molar-refractivity contribution is 0.232. The molecule has 0 fully saturated rings. The zero-order valence-electron chi connectivity index (χ0n) is 11.6. The second-order valence-corrected chi connectivity index (χ2v) is 5.63. The van der Waals surface area contributed by atoms with Crippen LogP contribution in [0.4, 0.5) is 5.82 Å². The van der Waals surface area contributed by atoms with Crippen molar-refractivity contribution >= 4 is 17.2 Å². The van der Waals surface area contributed by atoms with Gasteiger partial charge in [-0.3, -0.25) is 0 Å². The minimum absolute atomic E-state index is 0.0744. The quantitative estimate of drug-likeness (QED) is 0.841. The van der Waals surface area contributed by atoms with E-state index in [2.05, 4.69) is 20.3 Å². The van der Waals surface area contributed by atoms with Crippen LogP contribution in [0.3, 0.4) is 0 Å². The summed E-state index contributed by atoms with van der Waals surface area (Å²) in [6.07, 6.45) is 3.39. The largest absolute Gasteiger partial charge is 0.472 e. The Balaban J connectivity index is 2.16. The van der Waals surface area contributed by atoms with Crippen LogP contribution in [-0.2, 0) is 6.54 Å². The van der Waals surface area contributed by atoms with Gasteiger partial charge in [0.05, 0.1) is 23.4 Å². The Kier molecular flexibility index (Phi) is 4.31. The number of nitrogens with zero attached hydrogens (tertiary/aromatic N) is 4. The van der Waals surface area contributed by atoms with E-state index in [9.17, 15) is 0 Å². The predicted octanol–water partition coefficient (Wildman–Crippen LogP) is 2.67. The van der Waals surface area contributed by atoms with Gasteiger partial charge in [0.1, 0.15) is 0 Å². The Labute approximate surface area is 117 Å². The van der Waals surface area contributed by atoms with Crippen LogP contribution in [0.5, 0.6) is 5.88 Å². The summed E-state index contributed by atoms with van der Waals surface area (Å²) in [5.74, 6) is 1.30. The van der Waals surface area contributed by atoms with Gasteiger partial charge in [-0.05, 0) is 20.8 Å². The third kappa shape index (κ3) is 3.64. The third-order valence-corrected chi connectivity index (χ3v) is 3.24. The molecule has 0 aliphatic heterocycles. The highest BCUT2D eigenvalue weighted by atomic mass is 32.1. The van der Waals surface area contributed by atoms with Crippen molar-refractivity contribution in [1.29, 1.82) is 0 Å². The minimum Gasteiger partial charge on any atom is -0.472 e. The molecule has 0 unspecified atom stereocenters. The van der Waals surface area contributed by atoms with Crippen molar-refractivity contribution in [2.45, 2.75) is 33.4 Å². The van der Waals surface area contributed by atoms with Crippen molar-refractivity contribution in [2.75, 3.05) is 11.9 Å². The fraction of sp³-hybridized carbons (Fsp3) is 0.462. The van der Waals surface area contributed by atoms with Gasteiger partial charge in [0.2, 0.25) is 0 Å². The molecule has 19 heavy (non-hydrogen) atoms. The highest BCUT2D eigenvalue weighted by Crippen LogP contribution is 2.24. The summed E-state index contributed by atoms with van der Waals surface area (Å²) < 4.78 is 5.68. The van der Waals surface area contributed by atoms with Crippen LogP contribution in [0, 0.1) is 6.92 Å². The molecule has 0 atom stereocenters. The predicted molar refractivity (Wildman–Crippen MR) is 76.8 cm³/mol. The molecule has 0 saturated heterocycles. The molecule has 0 spiro atoms. The molecule has 2 rings (SSSR count). The SMILES string of the molecule is Cc1nc(CN(C)c2nccnc2OC(C)C)cs1. The first kappa shape index (κ1) is 13.7. The number of aromatic nitrogens is 3. The van der Waals surface area contributed by atoms with Gasteiger partial charge in [-0.25, -0.2) is 15.0 Å². The lowest BCUT2D eigenvalue weighted by Crippen LogP contribution is -2.20. The Morgan fingerprint density at radius 2 is 2.05 bits per heavy atom. The van der Waals surface area contributed by atoms with Gasteiger partial charge in [-0.2, -0.15) is 0 Å². The second kappa shape index (κ2) is 5.97. The lowest BCUT2D eigenvalue weighted by atomic mass is 10.4. The first-order chi connectivity index (χ1) is 9.06. The molecule has 0 radical (unpaired) electrons. The van der Waals surface area contributed by atoms with Gasteiger partial charge in [0, 0.05) is 24.8 Å². The topological polar surface area (TPSA) is 51.1 Å². The van der Waals surface area contributed by atoms with E-state index in [4.69, 9.17) is 4.74 Å². The Bertz CT molecular complexity index is 541. The Morgan fingerprint density at radius 3 is 2.68 bits per heavy atom. The number of rotatable bonds is 5. The molecular formula is C13H18N4OS. The summed E-state index contributed by atoms with van der Waals surface area (Å²) in [4.78, 5) is 15.0. The van der Waals surface area contributed by atoms with Gasteiger partial charge >= 0.3 is 0 Å². The standard InChI is InChI=1S/C13H18N4OS/c1-9(2)18-13-12(14-5-6-15-13)17(4)7-11-8-19-10(3)16-11/h5-6,8-9H,7H2,1-4H3. The highest BCUT2D eigenvalue weighted by molar-refractivity contribution is 7.09. The van der Waals surface area contributed by atoms with Gasteiger partial charge < -0.3 is 9.64 Å². The Morgan fingerprint density at radius 1 is 1.32 bits per heavy atom. The average molecular weight is 278 g/mol. The molecule has 0 N–H and O–H groups in total. The second-order valence-electron chi connectivity index (χ2n) is 4.57. The normalized spacial score (nSPS) is 10.8. The molecule has 6 heteroatoms.